The molecule has 2 amide bonds. The van der Waals surface area contributed by atoms with Gasteiger partial charge in [-0.3, -0.25) is 14.6 Å². The molecule has 0 bridgehead atoms. The molecule has 4 rings (SSSR count). The van der Waals surface area contributed by atoms with E-state index >= 15 is 0 Å². The quantitative estimate of drug-likeness (QED) is 0.396. The number of pyridine rings is 1. The molecule has 190 valence electrons. The van der Waals surface area contributed by atoms with Crippen molar-refractivity contribution in [2.24, 2.45) is 0 Å². The minimum atomic E-state index is -0.921. The molecule has 0 saturated heterocycles. The first-order valence-corrected chi connectivity index (χ1v) is 11.8. The SMILES string of the molecule is CC(C)(C)NC(=O)[C@@H](c1ccncc1)N(Cc1ccccc1)C(=O)Cn1nnc(-c2ccc(F)cc2)n1. The van der Waals surface area contributed by atoms with Crippen LogP contribution in [-0.2, 0) is 22.7 Å². The van der Waals surface area contributed by atoms with Crippen LogP contribution in [0.1, 0.15) is 37.9 Å². The van der Waals surface area contributed by atoms with Crippen molar-refractivity contribution in [3.63, 3.8) is 0 Å². The minimum Gasteiger partial charge on any atom is -0.349 e. The summed E-state index contributed by atoms with van der Waals surface area (Å²) in [5.74, 6) is -0.809. The van der Waals surface area contributed by atoms with Crippen LogP contribution in [0.15, 0.2) is 79.1 Å². The smallest absolute Gasteiger partial charge is 0.247 e. The Morgan fingerprint density at radius 2 is 1.68 bits per heavy atom. The molecule has 0 spiro atoms. The van der Waals surface area contributed by atoms with E-state index in [0.717, 1.165) is 5.56 Å². The van der Waals surface area contributed by atoms with Gasteiger partial charge in [-0.2, -0.15) is 4.80 Å². The fourth-order valence-electron chi connectivity index (χ4n) is 3.80. The highest BCUT2D eigenvalue weighted by molar-refractivity contribution is 5.89. The molecular weight excluding hydrogens is 473 g/mol. The zero-order valence-corrected chi connectivity index (χ0v) is 20.9. The molecule has 1 N–H and O–H groups in total. The zero-order chi connectivity index (χ0) is 26.4. The van der Waals surface area contributed by atoms with E-state index in [-0.39, 0.29) is 36.5 Å². The third-order valence-corrected chi connectivity index (χ3v) is 5.43. The maximum absolute atomic E-state index is 13.7. The van der Waals surface area contributed by atoms with Gasteiger partial charge in [-0.1, -0.05) is 30.3 Å². The second kappa shape index (κ2) is 11.1. The molecule has 37 heavy (non-hydrogen) atoms. The van der Waals surface area contributed by atoms with Gasteiger partial charge in [0.15, 0.2) is 0 Å². The van der Waals surface area contributed by atoms with Gasteiger partial charge in [-0.15, -0.1) is 10.2 Å². The predicted octanol–water partition coefficient (Wildman–Crippen LogP) is 3.56. The summed E-state index contributed by atoms with van der Waals surface area (Å²) >= 11 is 0. The van der Waals surface area contributed by atoms with Gasteiger partial charge in [0.25, 0.3) is 0 Å². The van der Waals surface area contributed by atoms with Crippen LogP contribution in [0.5, 0.6) is 0 Å². The largest absolute Gasteiger partial charge is 0.349 e. The summed E-state index contributed by atoms with van der Waals surface area (Å²) in [6, 6.07) is 17.6. The van der Waals surface area contributed by atoms with Gasteiger partial charge >= 0.3 is 0 Å². The maximum atomic E-state index is 13.7. The van der Waals surface area contributed by atoms with Crippen LogP contribution < -0.4 is 5.32 Å². The van der Waals surface area contributed by atoms with Crippen molar-refractivity contribution in [2.75, 3.05) is 0 Å². The Bertz CT molecular complexity index is 1340. The van der Waals surface area contributed by atoms with Gasteiger partial charge in [0.05, 0.1) is 0 Å². The molecule has 1 atom stereocenters. The number of carbonyl (C=O) groups excluding carboxylic acids is 2. The number of tetrazole rings is 1. The molecule has 0 aliphatic carbocycles. The highest BCUT2D eigenvalue weighted by Gasteiger charge is 2.33. The van der Waals surface area contributed by atoms with Crippen LogP contribution in [0.4, 0.5) is 4.39 Å². The molecular formula is C27H28FN7O2. The Labute approximate surface area is 214 Å². The second-order valence-electron chi connectivity index (χ2n) is 9.58. The van der Waals surface area contributed by atoms with Crippen LogP contribution in [0, 0.1) is 5.82 Å². The lowest BCUT2D eigenvalue weighted by Crippen LogP contribution is -2.49. The molecule has 4 aromatic rings. The van der Waals surface area contributed by atoms with Gasteiger partial charge in [-0.25, -0.2) is 4.39 Å². The van der Waals surface area contributed by atoms with Gasteiger partial charge in [0.1, 0.15) is 18.4 Å². The van der Waals surface area contributed by atoms with Crippen molar-refractivity contribution >= 4 is 11.8 Å². The maximum Gasteiger partial charge on any atom is 0.247 e. The number of hydrogen-bond acceptors (Lipinski definition) is 6. The van der Waals surface area contributed by atoms with Gasteiger partial charge < -0.3 is 10.2 Å². The van der Waals surface area contributed by atoms with Crippen molar-refractivity contribution in [1.82, 2.24) is 35.4 Å². The van der Waals surface area contributed by atoms with Crippen LogP contribution in [-0.4, -0.2) is 47.4 Å². The summed E-state index contributed by atoms with van der Waals surface area (Å²) in [6.07, 6.45) is 3.18. The number of benzene rings is 2. The number of nitrogens with zero attached hydrogens (tertiary/aromatic N) is 6. The Morgan fingerprint density at radius 1 is 1.00 bits per heavy atom. The van der Waals surface area contributed by atoms with Gasteiger partial charge in [0.2, 0.25) is 17.6 Å². The Hall–Kier alpha value is -4.47. The van der Waals surface area contributed by atoms with E-state index in [9.17, 15) is 14.0 Å². The number of aromatic nitrogens is 5. The summed E-state index contributed by atoms with van der Waals surface area (Å²) in [5, 5.41) is 15.3. The van der Waals surface area contributed by atoms with Crippen LogP contribution in [0.3, 0.4) is 0 Å². The molecule has 0 fully saturated rings. The molecule has 2 aromatic heterocycles. The Balaban J connectivity index is 1.67. The molecule has 0 aliphatic rings. The number of hydrogen-bond donors (Lipinski definition) is 1. The van der Waals surface area contributed by atoms with Crippen molar-refractivity contribution in [3.8, 4) is 11.4 Å². The lowest BCUT2D eigenvalue weighted by molar-refractivity contribution is -0.143. The number of nitrogens with one attached hydrogen (secondary N) is 1. The monoisotopic (exact) mass is 501 g/mol. The van der Waals surface area contributed by atoms with Crippen molar-refractivity contribution in [3.05, 3.63) is 96.1 Å². The van der Waals surface area contributed by atoms with E-state index in [4.69, 9.17) is 0 Å². The lowest BCUT2D eigenvalue weighted by Gasteiger charge is -2.33. The molecule has 0 saturated carbocycles. The predicted molar refractivity (Wildman–Crippen MR) is 135 cm³/mol. The number of carbonyl (C=O) groups is 2. The average molecular weight is 502 g/mol. The number of amides is 2. The van der Waals surface area contributed by atoms with Crippen LogP contribution >= 0.6 is 0 Å². The molecule has 9 nitrogen and oxygen atoms in total. The van der Waals surface area contributed by atoms with Crippen molar-refractivity contribution in [2.45, 2.75) is 45.4 Å². The third-order valence-electron chi connectivity index (χ3n) is 5.43. The minimum absolute atomic E-state index is 0.184. The molecule has 0 unspecified atom stereocenters. The van der Waals surface area contributed by atoms with Crippen molar-refractivity contribution in [1.29, 1.82) is 0 Å². The van der Waals surface area contributed by atoms with Crippen molar-refractivity contribution < 1.29 is 14.0 Å². The fraction of sp³-hybridized carbons (Fsp3) is 0.259. The van der Waals surface area contributed by atoms with E-state index in [1.54, 1.807) is 24.5 Å². The molecule has 0 aliphatic heterocycles. The zero-order valence-electron chi connectivity index (χ0n) is 20.9. The first kappa shape index (κ1) is 25.6. The summed E-state index contributed by atoms with van der Waals surface area (Å²) in [6.45, 7) is 5.59. The molecule has 2 heterocycles. The topological polar surface area (TPSA) is 106 Å². The van der Waals surface area contributed by atoms with Crippen LogP contribution in [0.2, 0.25) is 0 Å². The summed E-state index contributed by atoms with van der Waals surface area (Å²) in [4.78, 5) is 34.0. The first-order valence-electron chi connectivity index (χ1n) is 11.8. The van der Waals surface area contributed by atoms with E-state index in [2.05, 4.69) is 25.7 Å². The van der Waals surface area contributed by atoms with E-state index in [1.807, 2.05) is 51.1 Å². The Morgan fingerprint density at radius 3 is 2.32 bits per heavy atom. The second-order valence-corrected chi connectivity index (χ2v) is 9.58. The summed E-state index contributed by atoms with van der Waals surface area (Å²) < 4.78 is 13.3. The summed E-state index contributed by atoms with van der Waals surface area (Å²) in [5.41, 5.74) is 1.54. The third kappa shape index (κ3) is 6.81. The number of halogens is 1. The lowest BCUT2D eigenvalue weighted by atomic mass is 10.0. The normalized spacial score (nSPS) is 12.1. The molecule has 0 radical (unpaired) electrons. The first-order chi connectivity index (χ1) is 17.7. The fourth-order valence-corrected chi connectivity index (χ4v) is 3.80. The average Bonchev–Trinajstić information content (AvgIpc) is 3.32. The van der Waals surface area contributed by atoms with E-state index < -0.39 is 11.6 Å². The highest BCUT2D eigenvalue weighted by atomic mass is 19.1. The summed E-state index contributed by atoms with van der Waals surface area (Å²) in [7, 11) is 0. The van der Waals surface area contributed by atoms with Crippen LogP contribution in [0.25, 0.3) is 11.4 Å². The van der Waals surface area contributed by atoms with Gasteiger partial charge in [-0.05, 0) is 73.5 Å². The Kier molecular flexibility index (Phi) is 7.66. The van der Waals surface area contributed by atoms with Gasteiger partial charge in [0, 0.05) is 30.0 Å². The highest BCUT2D eigenvalue weighted by Crippen LogP contribution is 2.25. The standard InChI is InChI=1S/C27H28FN7O2/c1-27(2,3)30-26(37)24(20-13-15-29-16-14-20)34(17-19-7-5-4-6-8-19)23(36)18-35-32-25(31-33-35)21-9-11-22(28)12-10-21/h4-16,24H,17-18H2,1-3H3,(H,30,37)/t24-/m1/s1. The molecule has 2 aromatic carbocycles. The van der Waals surface area contributed by atoms with E-state index in [1.165, 1.54) is 34.0 Å². The molecule has 10 heteroatoms. The number of rotatable bonds is 8. The van der Waals surface area contributed by atoms with E-state index in [0.29, 0.717) is 11.1 Å².